The van der Waals surface area contributed by atoms with Crippen LogP contribution in [0.25, 0.3) is 0 Å². The monoisotopic (exact) mass is 312 g/mol. The molecule has 2 atom stereocenters. The van der Waals surface area contributed by atoms with Crippen LogP contribution in [0.15, 0.2) is 18.5 Å². The van der Waals surface area contributed by atoms with Gasteiger partial charge in [-0.15, -0.1) is 0 Å². The van der Waals surface area contributed by atoms with E-state index in [1.165, 1.54) is 6.42 Å². The Labute approximate surface area is 137 Å². The first-order valence-corrected chi connectivity index (χ1v) is 8.09. The van der Waals surface area contributed by atoms with Gasteiger partial charge in [-0.05, 0) is 24.3 Å². The van der Waals surface area contributed by atoms with E-state index in [9.17, 15) is 5.26 Å². The number of nitrogens with zero attached hydrogens (tertiary/aromatic N) is 5. The van der Waals surface area contributed by atoms with Crippen molar-refractivity contribution in [3.63, 3.8) is 0 Å². The SMILES string of the molecule is CC1CC(C)CN(c2c(N)cc(C#N)n2Cc2nccn2C)C1. The zero-order valence-electron chi connectivity index (χ0n) is 14.0. The molecule has 2 unspecified atom stereocenters. The molecule has 122 valence electrons. The molecule has 3 heterocycles. The van der Waals surface area contributed by atoms with E-state index >= 15 is 0 Å². The predicted molar refractivity (Wildman–Crippen MR) is 91.0 cm³/mol. The largest absolute Gasteiger partial charge is 0.396 e. The molecule has 23 heavy (non-hydrogen) atoms. The summed E-state index contributed by atoms with van der Waals surface area (Å²) in [6.07, 6.45) is 4.93. The number of piperidine rings is 1. The van der Waals surface area contributed by atoms with E-state index in [4.69, 9.17) is 5.73 Å². The zero-order chi connectivity index (χ0) is 16.6. The third kappa shape index (κ3) is 2.91. The number of nitrogen functional groups attached to an aromatic ring is 1. The lowest BCUT2D eigenvalue weighted by Gasteiger charge is -2.37. The molecule has 6 heteroatoms. The van der Waals surface area contributed by atoms with Crippen molar-refractivity contribution in [3.8, 4) is 6.07 Å². The van der Waals surface area contributed by atoms with Crippen LogP contribution in [0.3, 0.4) is 0 Å². The van der Waals surface area contributed by atoms with E-state index < -0.39 is 0 Å². The fourth-order valence-electron chi connectivity index (χ4n) is 3.69. The minimum atomic E-state index is 0.554. The highest BCUT2D eigenvalue weighted by molar-refractivity contribution is 5.68. The Bertz CT molecular complexity index is 725. The highest BCUT2D eigenvalue weighted by Crippen LogP contribution is 2.33. The second kappa shape index (κ2) is 5.99. The van der Waals surface area contributed by atoms with Crippen LogP contribution < -0.4 is 10.6 Å². The van der Waals surface area contributed by atoms with E-state index in [2.05, 4.69) is 29.8 Å². The quantitative estimate of drug-likeness (QED) is 0.942. The number of imidazole rings is 1. The van der Waals surface area contributed by atoms with Crippen LogP contribution in [0.2, 0.25) is 0 Å². The van der Waals surface area contributed by atoms with Crippen LogP contribution >= 0.6 is 0 Å². The molecule has 0 radical (unpaired) electrons. The maximum atomic E-state index is 9.48. The number of nitrogens with two attached hydrogens (primary N) is 1. The molecule has 0 aliphatic carbocycles. The molecule has 1 aliphatic heterocycles. The second-order valence-corrected chi connectivity index (χ2v) is 6.81. The third-order valence-electron chi connectivity index (χ3n) is 4.60. The molecule has 1 fully saturated rings. The van der Waals surface area contributed by atoms with Crippen molar-refractivity contribution < 1.29 is 0 Å². The number of anilines is 2. The predicted octanol–water partition coefficient (Wildman–Crippen LogP) is 2.21. The summed E-state index contributed by atoms with van der Waals surface area (Å²) in [5.41, 5.74) is 7.53. The van der Waals surface area contributed by atoms with E-state index in [1.807, 2.05) is 22.4 Å². The van der Waals surface area contributed by atoms with Gasteiger partial charge in [-0.3, -0.25) is 0 Å². The molecule has 6 nitrogen and oxygen atoms in total. The maximum Gasteiger partial charge on any atom is 0.133 e. The molecule has 3 rings (SSSR count). The van der Waals surface area contributed by atoms with E-state index in [-0.39, 0.29) is 0 Å². The number of aromatic nitrogens is 3. The summed E-state index contributed by atoms with van der Waals surface area (Å²) in [7, 11) is 1.96. The lowest BCUT2D eigenvalue weighted by Crippen LogP contribution is -2.40. The molecule has 1 saturated heterocycles. The molecule has 1 aliphatic rings. The Hall–Kier alpha value is -2.42. The molecule has 2 aromatic rings. The summed E-state index contributed by atoms with van der Waals surface area (Å²) in [4.78, 5) is 6.72. The first-order valence-electron chi connectivity index (χ1n) is 8.09. The van der Waals surface area contributed by atoms with Crippen LogP contribution in [0.1, 0.15) is 31.8 Å². The Kier molecular flexibility index (Phi) is 4.03. The smallest absolute Gasteiger partial charge is 0.133 e. The fourth-order valence-corrected chi connectivity index (χ4v) is 3.69. The summed E-state index contributed by atoms with van der Waals surface area (Å²) in [5, 5.41) is 9.48. The second-order valence-electron chi connectivity index (χ2n) is 6.81. The summed E-state index contributed by atoms with van der Waals surface area (Å²) in [5.74, 6) is 3.12. The minimum Gasteiger partial charge on any atom is -0.396 e. The van der Waals surface area contributed by atoms with Gasteiger partial charge in [0.15, 0.2) is 0 Å². The van der Waals surface area contributed by atoms with Crippen LogP contribution in [-0.2, 0) is 13.6 Å². The van der Waals surface area contributed by atoms with Gasteiger partial charge in [0, 0.05) is 32.5 Å². The van der Waals surface area contributed by atoms with Crippen molar-refractivity contribution in [2.75, 3.05) is 23.7 Å². The van der Waals surface area contributed by atoms with Gasteiger partial charge in [-0.2, -0.15) is 5.26 Å². The van der Waals surface area contributed by atoms with Gasteiger partial charge >= 0.3 is 0 Å². The van der Waals surface area contributed by atoms with E-state index in [1.54, 1.807) is 12.3 Å². The topological polar surface area (TPSA) is 75.8 Å². The van der Waals surface area contributed by atoms with Crippen molar-refractivity contribution in [2.45, 2.75) is 26.8 Å². The lowest BCUT2D eigenvalue weighted by atomic mass is 9.92. The summed E-state index contributed by atoms with van der Waals surface area (Å²) in [6.45, 7) is 7.05. The molecule has 2 N–H and O–H groups in total. The third-order valence-corrected chi connectivity index (χ3v) is 4.60. The molecule has 2 aromatic heterocycles. The van der Waals surface area contributed by atoms with E-state index in [0.29, 0.717) is 29.8 Å². The average Bonchev–Trinajstić information content (AvgIpc) is 3.02. The average molecular weight is 312 g/mol. The van der Waals surface area contributed by atoms with Gasteiger partial charge < -0.3 is 19.8 Å². The standard InChI is InChI=1S/C17H24N6/c1-12-6-13(2)10-22(9-12)17-15(19)7-14(8-18)23(17)11-16-20-4-5-21(16)3/h4-5,7,12-13H,6,9-11,19H2,1-3H3. The van der Waals surface area contributed by atoms with Crippen LogP contribution in [-0.4, -0.2) is 27.2 Å². The summed E-state index contributed by atoms with van der Waals surface area (Å²) >= 11 is 0. The Morgan fingerprint density at radius 3 is 2.61 bits per heavy atom. The number of hydrogen-bond acceptors (Lipinski definition) is 4. The highest BCUT2D eigenvalue weighted by Gasteiger charge is 2.27. The molecule has 0 bridgehead atoms. The van der Waals surface area contributed by atoms with Gasteiger partial charge in [0.25, 0.3) is 0 Å². The maximum absolute atomic E-state index is 9.48. The molecular weight excluding hydrogens is 288 g/mol. The number of aryl methyl sites for hydroxylation is 1. The zero-order valence-corrected chi connectivity index (χ0v) is 14.0. The molecular formula is C17H24N6. The number of nitriles is 1. The molecule has 0 amide bonds. The first-order chi connectivity index (χ1) is 11.0. The Morgan fingerprint density at radius 1 is 1.35 bits per heavy atom. The normalized spacial score (nSPS) is 21.4. The Morgan fingerprint density at radius 2 is 2.04 bits per heavy atom. The van der Waals surface area contributed by atoms with E-state index in [0.717, 1.165) is 24.7 Å². The van der Waals surface area contributed by atoms with Crippen molar-refractivity contribution in [3.05, 3.63) is 30.0 Å². The lowest BCUT2D eigenvalue weighted by molar-refractivity contribution is 0.353. The van der Waals surface area contributed by atoms with Gasteiger partial charge in [-0.1, -0.05) is 13.8 Å². The molecule has 0 aromatic carbocycles. The van der Waals surface area contributed by atoms with Crippen LogP contribution in [0, 0.1) is 23.2 Å². The Balaban J connectivity index is 2.01. The highest BCUT2D eigenvalue weighted by atomic mass is 15.3. The van der Waals surface area contributed by atoms with Gasteiger partial charge in [0.05, 0.1) is 12.2 Å². The summed E-state index contributed by atoms with van der Waals surface area (Å²) in [6, 6.07) is 4.05. The fraction of sp³-hybridized carbons (Fsp3) is 0.529. The van der Waals surface area contributed by atoms with Crippen LogP contribution in [0.5, 0.6) is 0 Å². The molecule has 0 saturated carbocycles. The number of rotatable bonds is 3. The van der Waals surface area contributed by atoms with Crippen LogP contribution in [0.4, 0.5) is 11.5 Å². The van der Waals surface area contributed by atoms with Crippen molar-refractivity contribution in [1.29, 1.82) is 5.26 Å². The van der Waals surface area contributed by atoms with Crippen molar-refractivity contribution in [2.24, 2.45) is 18.9 Å². The van der Waals surface area contributed by atoms with Gasteiger partial charge in [0.2, 0.25) is 0 Å². The van der Waals surface area contributed by atoms with Crippen molar-refractivity contribution in [1.82, 2.24) is 14.1 Å². The van der Waals surface area contributed by atoms with Crippen molar-refractivity contribution >= 4 is 11.5 Å². The number of hydrogen-bond donors (Lipinski definition) is 1. The molecule has 0 spiro atoms. The van der Waals surface area contributed by atoms with Gasteiger partial charge in [-0.25, -0.2) is 4.98 Å². The minimum absolute atomic E-state index is 0.554. The first kappa shape index (κ1) is 15.5. The van der Waals surface area contributed by atoms with Gasteiger partial charge in [0.1, 0.15) is 23.4 Å². The summed E-state index contributed by atoms with van der Waals surface area (Å²) < 4.78 is 3.98.